The standard InChI is InChI=1S/C14H9Cl2F3N2O/c15-9-3-1-7(2-4-9)11(13(20)22)12-10(16)5-8(6-21-12)14(17,18)19/h1-6,11H,(H2,20,22)/t11-/m1/s1. The monoisotopic (exact) mass is 348 g/mol. The van der Waals surface area contributed by atoms with Crippen LogP contribution in [0, 0.1) is 0 Å². The smallest absolute Gasteiger partial charge is 0.369 e. The molecule has 0 bridgehead atoms. The highest BCUT2D eigenvalue weighted by atomic mass is 35.5. The van der Waals surface area contributed by atoms with Crippen molar-refractivity contribution in [1.29, 1.82) is 0 Å². The Kier molecular flexibility index (Phi) is 4.63. The van der Waals surface area contributed by atoms with E-state index in [9.17, 15) is 18.0 Å². The van der Waals surface area contributed by atoms with E-state index < -0.39 is 23.6 Å². The summed E-state index contributed by atoms with van der Waals surface area (Å²) in [6.45, 7) is 0. The van der Waals surface area contributed by atoms with Crippen molar-refractivity contribution in [1.82, 2.24) is 4.98 Å². The molecule has 0 aliphatic heterocycles. The van der Waals surface area contributed by atoms with E-state index in [1.54, 1.807) is 0 Å². The largest absolute Gasteiger partial charge is 0.417 e. The molecule has 2 aromatic rings. The summed E-state index contributed by atoms with van der Waals surface area (Å²) in [7, 11) is 0. The minimum absolute atomic E-state index is 0.0375. The van der Waals surface area contributed by atoms with Crippen LogP contribution in [0.2, 0.25) is 10.0 Å². The maximum Gasteiger partial charge on any atom is 0.417 e. The highest BCUT2D eigenvalue weighted by molar-refractivity contribution is 6.31. The molecule has 2 rings (SSSR count). The molecule has 1 aromatic carbocycles. The Bertz CT molecular complexity index is 702. The molecule has 0 radical (unpaired) electrons. The fourth-order valence-electron chi connectivity index (χ4n) is 1.93. The molecule has 0 aliphatic rings. The van der Waals surface area contributed by atoms with Crippen molar-refractivity contribution in [2.45, 2.75) is 12.1 Å². The van der Waals surface area contributed by atoms with E-state index in [0.29, 0.717) is 16.8 Å². The number of nitrogens with two attached hydrogens (primary N) is 1. The maximum absolute atomic E-state index is 12.6. The van der Waals surface area contributed by atoms with Crippen LogP contribution in [0.15, 0.2) is 36.5 Å². The summed E-state index contributed by atoms with van der Waals surface area (Å²) in [5.41, 5.74) is 4.74. The Labute approximate surface area is 133 Å². The van der Waals surface area contributed by atoms with Gasteiger partial charge in [-0.05, 0) is 23.8 Å². The second-order valence-electron chi connectivity index (χ2n) is 4.48. The molecule has 22 heavy (non-hydrogen) atoms. The lowest BCUT2D eigenvalue weighted by Gasteiger charge is -2.16. The molecule has 3 nitrogen and oxygen atoms in total. The molecule has 1 aromatic heterocycles. The molecule has 0 aliphatic carbocycles. The highest BCUT2D eigenvalue weighted by Gasteiger charge is 2.33. The van der Waals surface area contributed by atoms with Gasteiger partial charge in [0, 0.05) is 11.2 Å². The van der Waals surface area contributed by atoms with Gasteiger partial charge in [-0.25, -0.2) is 0 Å². The first-order valence-electron chi connectivity index (χ1n) is 5.97. The van der Waals surface area contributed by atoms with Gasteiger partial charge < -0.3 is 5.73 Å². The number of alkyl halides is 3. The Hall–Kier alpha value is -1.79. The quantitative estimate of drug-likeness (QED) is 0.910. The lowest BCUT2D eigenvalue weighted by Crippen LogP contribution is -2.24. The zero-order chi connectivity index (χ0) is 16.5. The van der Waals surface area contributed by atoms with Crippen molar-refractivity contribution in [2.24, 2.45) is 5.73 Å². The molecule has 0 spiro atoms. The summed E-state index contributed by atoms with van der Waals surface area (Å²) in [4.78, 5) is 15.4. The van der Waals surface area contributed by atoms with Gasteiger partial charge in [0.05, 0.1) is 16.3 Å². The van der Waals surface area contributed by atoms with Gasteiger partial charge in [-0.1, -0.05) is 35.3 Å². The predicted octanol–water partition coefficient (Wildman–Crippen LogP) is 4.02. The van der Waals surface area contributed by atoms with Gasteiger partial charge in [0.25, 0.3) is 0 Å². The van der Waals surface area contributed by atoms with Crippen LogP contribution < -0.4 is 5.73 Å². The molecular formula is C14H9Cl2F3N2O. The average molecular weight is 349 g/mol. The SMILES string of the molecule is NC(=O)[C@H](c1ccc(Cl)cc1)c1ncc(C(F)(F)F)cc1Cl. The second kappa shape index (κ2) is 6.14. The van der Waals surface area contributed by atoms with Crippen LogP contribution in [0.3, 0.4) is 0 Å². The Morgan fingerprint density at radius 3 is 2.23 bits per heavy atom. The van der Waals surface area contributed by atoms with Crippen LogP contribution in [-0.2, 0) is 11.0 Å². The first-order chi connectivity index (χ1) is 10.2. The van der Waals surface area contributed by atoms with Crippen LogP contribution in [0.1, 0.15) is 22.7 Å². The third kappa shape index (κ3) is 3.51. The minimum atomic E-state index is -4.57. The van der Waals surface area contributed by atoms with E-state index >= 15 is 0 Å². The number of rotatable bonds is 3. The number of pyridine rings is 1. The van der Waals surface area contributed by atoms with Gasteiger partial charge >= 0.3 is 6.18 Å². The van der Waals surface area contributed by atoms with Crippen LogP contribution in [0.5, 0.6) is 0 Å². The van der Waals surface area contributed by atoms with Gasteiger partial charge in [0.1, 0.15) is 5.92 Å². The molecule has 1 amide bonds. The summed E-state index contributed by atoms with van der Waals surface area (Å²) in [6, 6.07) is 6.85. The van der Waals surface area contributed by atoms with Crippen molar-refractivity contribution in [3.63, 3.8) is 0 Å². The van der Waals surface area contributed by atoms with Crippen molar-refractivity contribution in [3.05, 3.63) is 63.4 Å². The highest BCUT2D eigenvalue weighted by Crippen LogP contribution is 2.34. The molecule has 1 heterocycles. The van der Waals surface area contributed by atoms with E-state index in [0.717, 1.165) is 6.07 Å². The van der Waals surface area contributed by atoms with Gasteiger partial charge in [0.2, 0.25) is 5.91 Å². The molecule has 0 fully saturated rings. The number of benzene rings is 1. The predicted molar refractivity (Wildman–Crippen MR) is 76.7 cm³/mol. The fourth-order valence-corrected chi connectivity index (χ4v) is 2.33. The molecule has 2 N–H and O–H groups in total. The molecule has 1 atom stereocenters. The first-order valence-corrected chi connectivity index (χ1v) is 6.73. The Morgan fingerprint density at radius 1 is 1.18 bits per heavy atom. The van der Waals surface area contributed by atoms with Crippen molar-refractivity contribution in [3.8, 4) is 0 Å². The summed E-state index contributed by atoms with van der Waals surface area (Å²) in [5, 5.41) is 0.159. The first kappa shape index (κ1) is 16.6. The van der Waals surface area contributed by atoms with E-state index in [1.165, 1.54) is 24.3 Å². The summed E-state index contributed by atoms with van der Waals surface area (Å²) < 4.78 is 37.9. The number of carbonyl (C=O) groups is 1. The second-order valence-corrected chi connectivity index (χ2v) is 5.32. The molecule has 0 saturated heterocycles. The average Bonchev–Trinajstić information content (AvgIpc) is 2.41. The number of halogens is 5. The van der Waals surface area contributed by atoms with Crippen LogP contribution in [0.25, 0.3) is 0 Å². The van der Waals surface area contributed by atoms with Gasteiger partial charge in [-0.2, -0.15) is 13.2 Å². The van der Waals surface area contributed by atoms with Gasteiger partial charge in [-0.3, -0.25) is 9.78 Å². The maximum atomic E-state index is 12.6. The fraction of sp³-hybridized carbons (Fsp3) is 0.143. The number of aromatic nitrogens is 1. The molecule has 0 saturated carbocycles. The third-order valence-corrected chi connectivity index (χ3v) is 3.51. The van der Waals surface area contributed by atoms with Crippen LogP contribution >= 0.6 is 23.2 Å². The number of carbonyl (C=O) groups excluding carboxylic acids is 1. The number of nitrogens with zero attached hydrogens (tertiary/aromatic N) is 1. The van der Waals surface area contributed by atoms with Gasteiger partial charge in [-0.15, -0.1) is 0 Å². The lowest BCUT2D eigenvalue weighted by molar-refractivity contribution is -0.137. The lowest BCUT2D eigenvalue weighted by atomic mass is 9.94. The summed E-state index contributed by atoms with van der Waals surface area (Å²) in [5.74, 6) is -1.84. The van der Waals surface area contributed by atoms with E-state index in [1.807, 2.05) is 0 Å². The summed E-state index contributed by atoms with van der Waals surface area (Å²) >= 11 is 11.6. The van der Waals surface area contributed by atoms with Crippen LogP contribution in [-0.4, -0.2) is 10.9 Å². The van der Waals surface area contributed by atoms with E-state index in [-0.39, 0.29) is 10.7 Å². The number of primary amides is 1. The number of hydrogen-bond acceptors (Lipinski definition) is 2. The van der Waals surface area contributed by atoms with Crippen LogP contribution in [0.4, 0.5) is 13.2 Å². The summed E-state index contributed by atoms with van der Waals surface area (Å²) in [6.07, 6.45) is -3.95. The molecule has 116 valence electrons. The zero-order valence-corrected chi connectivity index (χ0v) is 12.4. The minimum Gasteiger partial charge on any atom is -0.369 e. The number of hydrogen-bond donors (Lipinski definition) is 1. The topological polar surface area (TPSA) is 56.0 Å². The van der Waals surface area contributed by atoms with Crippen molar-refractivity contribution in [2.75, 3.05) is 0 Å². The third-order valence-electron chi connectivity index (χ3n) is 2.96. The Balaban J connectivity index is 2.50. The molecule has 8 heteroatoms. The molecular weight excluding hydrogens is 340 g/mol. The van der Waals surface area contributed by atoms with Gasteiger partial charge in [0.15, 0.2) is 0 Å². The number of amides is 1. The van der Waals surface area contributed by atoms with Crippen molar-refractivity contribution < 1.29 is 18.0 Å². The van der Waals surface area contributed by atoms with E-state index in [4.69, 9.17) is 28.9 Å². The molecule has 0 unspecified atom stereocenters. The Morgan fingerprint density at radius 2 is 1.77 bits per heavy atom. The normalized spacial score (nSPS) is 13.0. The zero-order valence-electron chi connectivity index (χ0n) is 10.9. The van der Waals surface area contributed by atoms with Crippen molar-refractivity contribution >= 4 is 29.1 Å². The van der Waals surface area contributed by atoms with E-state index in [2.05, 4.69) is 4.98 Å².